The monoisotopic (exact) mass is 334 g/mol. The van der Waals surface area contributed by atoms with Gasteiger partial charge in [-0.05, 0) is 11.6 Å². The average molecular weight is 335 g/mol. The Morgan fingerprint density at radius 1 is 1.39 bits per heavy atom. The van der Waals surface area contributed by atoms with Crippen LogP contribution < -0.4 is 5.46 Å². The van der Waals surface area contributed by atoms with Crippen LogP contribution in [0.15, 0.2) is 17.0 Å². The van der Waals surface area contributed by atoms with E-state index in [1.165, 1.54) is 6.07 Å². The van der Waals surface area contributed by atoms with Gasteiger partial charge in [-0.3, -0.25) is 0 Å². The smallest absolute Gasteiger partial charge is 0.175 e. The van der Waals surface area contributed by atoms with Crippen LogP contribution in [0.3, 0.4) is 0 Å². The number of alkyl halides is 2. The SMILES string of the molecule is CBc1ccc(S(C)(=O)=O)c2c1[C@H](Br)[C@@H](F)[C@H]2O. The van der Waals surface area contributed by atoms with Crippen molar-refractivity contribution in [3.8, 4) is 0 Å². The number of sulfone groups is 1. The Bertz CT molecular complexity index is 590. The summed E-state index contributed by atoms with van der Waals surface area (Å²) in [5.74, 6) is 0. The second-order valence-electron chi connectivity index (χ2n) is 4.47. The first kappa shape index (κ1) is 14.0. The molecule has 2 rings (SSSR count). The van der Waals surface area contributed by atoms with E-state index in [4.69, 9.17) is 0 Å². The maximum Gasteiger partial charge on any atom is 0.175 e. The lowest BCUT2D eigenvalue weighted by Crippen LogP contribution is -2.19. The second-order valence-corrected chi connectivity index (χ2v) is 7.44. The first-order chi connectivity index (χ1) is 8.29. The van der Waals surface area contributed by atoms with Crippen LogP contribution in [0, 0.1) is 0 Å². The normalized spacial score (nSPS) is 27.1. The molecule has 1 aromatic rings. The summed E-state index contributed by atoms with van der Waals surface area (Å²) < 4.78 is 37.3. The van der Waals surface area contributed by atoms with E-state index in [2.05, 4.69) is 15.9 Å². The molecule has 0 radical (unpaired) electrons. The molecule has 3 atom stereocenters. The highest BCUT2D eigenvalue weighted by Gasteiger charge is 2.42. The van der Waals surface area contributed by atoms with Gasteiger partial charge in [-0.15, -0.1) is 0 Å². The van der Waals surface area contributed by atoms with Crippen LogP contribution >= 0.6 is 15.9 Å². The second kappa shape index (κ2) is 4.61. The molecule has 0 heterocycles. The molecule has 7 heteroatoms. The molecule has 0 spiro atoms. The van der Waals surface area contributed by atoms with E-state index in [9.17, 15) is 17.9 Å². The predicted octanol–water partition coefficient (Wildman–Crippen LogP) is 1.02. The first-order valence-corrected chi connectivity index (χ1v) is 8.41. The standard InChI is InChI=1S/C11H13BBrFO3S/c1-12-5-3-4-6(18(2,16)17)8-7(5)9(13)10(14)11(8)15/h3-4,9-12,15H,1-2H3/t9-,10+,11-/m0/s1. The summed E-state index contributed by atoms with van der Waals surface area (Å²) in [5.41, 5.74) is 1.66. The number of aliphatic hydroxyl groups is 1. The van der Waals surface area contributed by atoms with E-state index in [-0.39, 0.29) is 10.5 Å². The summed E-state index contributed by atoms with van der Waals surface area (Å²) in [4.78, 5) is -0.633. The number of fused-ring (bicyclic) bond motifs is 1. The third-order valence-corrected chi connectivity index (χ3v) is 5.39. The lowest BCUT2D eigenvalue weighted by atomic mass is 9.70. The Kier molecular flexibility index (Phi) is 3.59. The molecule has 0 fully saturated rings. The number of hydrogen-bond donors (Lipinski definition) is 1. The summed E-state index contributed by atoms with van der Waals surface area (Å²) in [6.07, 6.45) is -1.84. The summed E-state index contributed by atoms with van der Waals surface area (Å²) in [6, 6.07) is 3.14. The fraction of sp³-hybridized carbons (Fsp3) is 0.455. The molecule has 1 aliphatic rings. The van der Waals surface area contributed by atoms with E-state index >= 15 is 0 Å². The Hall–Kier alpha value is -0.395. The maximum atomic E-state index is 13.9. The Balaban J connectivity index is 2.80. The first-order valence-electron chi connectivity index (χ1n) is 5.61. The molecule has 0 bridgehead atoms. The van der Waals surface area contributed by atoms with Gasteiger partial charge >= 0.3 is 0 Å². The van der Waals surface area contributed by atoms with Gasteiger partial charge in [-0.25, -0.2) is 12.8 Å². The molecule has 3 nitrogen and oxygen atoms in total. The van der Waals surface area contributed by atoms with Crippen molar-refractivity contribution in [2.45, 2.75) is 28.8 Å². The van der Waals surface area contributed by atoms with Gasteiger partial charge in [-0.2, -0.15) is 0 Å². The molecule has 0 aliphatic heterocycles. The molecular weight excluding hydrogens is 322 g/mol. The number of hydrogen-bond acceptors (Lipinski definition) is 3. The van der Waals surface area contributed by atoms with Crippen molar-refractivity contribution >= 4 is 38.5 Å². The molecule has 98 valence electrons. The van der Waals surface area contributed by atoms with Gasteiger partial charge < -0.3 is 5.11 Å². The van der Waals surface area contributed by atoms with Crippen molar-refractivity contribution in [1.82, 2.24) is 0 Å². The predicted molar refractivity (Wildman–Crippen MR) is 73.7 cm³/mol. The minimum atomic E-state index is -3.48. The van der Waals surface area contributed by atoms with Crippen molar-refractivity contribution in [3.05, 3.63) is 23.3 Å². The quantitative estimate of drug-likeness (QED) is 0.649. The fourth-order valence-electron chi connectivity index (χ4n) is 2.40. The van der Waals surface area contributed by atoms with Crippen LogP contribution in [0.5, 0.6) is 0 Å². The van der Waals surface area contributed by atoms with Crippen molar-refractivity contribution in [3.63, 3.8) is 0 Å². The van der Waals surface area contributed by atoms with E-state index in [1.807, 2.05) is 6.82 Å². The fourth-order valence-corrected chi connectivity index (χ4v) is 4.18. The summed E-state index contributed by atoms with van der Waals surface area (Å²) >= 11 is 3.21. The van der Waals surface area contributed by atoms with Crippen LogP contribution in [-0.4, -0.2) is 33.2 Å². The number of benzene rings is 1. The molecule has 0 saturated heterocycles. The van der Waals surface area contributed by atoms with Gasteiger partial charge in [0.25, 0.3) is 0 Å². The number of halogens is 2. The molecule has 0 amide bonds. The van der Waals surface area contributed by atoms with E-state index in [0.717, 1.165) is 11.7 Å². The molecule has 1 aliphatic carbocycles. The average Bonchev–Trinajstić information content (AvgIpc) is 2.53. The highest BCUT2D eigenvalue weighted by atomic mass is 79.9. The van der Waals surface area contributed by atoms with E-state index < -0.39 is 26.9 Å². The number of aliphatic hydroxyl groups excluding tert-OH is 1. The summed E-state index contributed by atoms with van der Waals surface area (Å²) in [7, 11) is -2.82. The lowest BCUT2D eigenvalue weighted by Gasteiger charge is -2.13. The van der Waals surface area contributed by atoms with Crippen molar-refractivity contribution < 1.29 is 17.9 Å². The van der Waals surface area contributed by atoms with Gasteiger partial charge in [0.05, 0.1) is 9.72 Å². The van der Waals surface area contributed by atoms with E-state index in [1.54, 1.807) is 6.07 Å². The molecule has 1 N–H and O–H groups in total. The van der Waals surface area contributed by atoms with Crippen molar-refractivity contribution in [2.75, 3.05) is 6.26 Å². The molecule has 0 unspecified atom stereocenters. The Labute approximate surface area is 115 Å². The highest BCUT2D eigenvalue weighted by molar-refractivity contribution is 9.09. The summed E-state index contributed by atoms with van der Waals surface area (Å²) in [6.45, 7) is 1.91. The molecular formula is C11H13BBrFO3S. The highest BCUT2D eigenvalue weighted by Crippen LogP contribution is 2.47. The van der Waals surface area contributed by atoms with Gasteiger partial charge in [0.1, 0.15) is 12.3 Å². The maximum absolute atomic E-state index is 13.9. The van der Waals surface area contributed by atoms with Crippen molar-refractivity contribution in [1.29, 1.82) is 0 Å². The Morgan fingerprint density at radius 2 is 2.00 bits per heavy atom. The number of rotatable bonds is 2. The zero-order valence-corrected chi connectivity index (χ0v) is 12.4. The molecule has 1 aromatic carbocycles. The minimum absolute atomic E-state index is 0.0202. The van der Waals surface area contributed by atoms with E-state index in [0.29, 0.717) is 12.8 Å². The zero-order chi connectivity index (χ0) is 13.7. The topological polar surface area (TPSA) is 54.4 Å². The van der Waals surface area contributed by atoms with Crippen LogP contribution in [0.4, 0.5) is 4.39 Å². The van der Waals surface area contributed by atoms with Crippen molar-refractivity contribution in [2.24, 2.45) is 0 Å². The van der Waals surface area contributed by atoms with Gasteiger partial charge in [0.2, 0.25) is 0 Å². The largest absolute Gasteiger partial charge is 0.385 e. The Morgan fingerprint density at radius 3 is 2.50 bits per heavy atom. The molecule has 0 aromatic heterocycles. The van der Waals surface area contributed by atoms with Crippen LogP contribution in [0.2, 0.25) is 6.82 Å². The van der Waals surface area contributed by atoms with Crippen LogP contribution in [0.1, 0.15) is 22.1 Å². The minimum Gasteiger partial charge on any atom is -0.385 e. The summed E-state index contributed by atoms with van der Waals surface area (Å²) in [5, 5.41) is 9.91. The third-order valence-electron chi connectivity index (χ3n) is 3.27. The van der Waals surface area contributed by atoms with Gasteiger partial charge in [-0.1, -0.05) is 34.3 Å². The lowest BCUT2D eigenvalue weighted by molar-refractivity contribution is 0.0902. The molecule has 0 saturated carbocycles. The third kappa shape index (κ3) is 2.02. The van der Waals surface area contributed by atoms with Gasteiger partial charge in [0, 0.05) is 11.8 Å². The zero-order valence-electron chi connectivity index (χ0n) is 10.0. The molecule has 18 heavy (non-hydrogen) atoms. The van der Waals surface area contributed by atoms with Crippen LogP contribution in [-0.2, 0) is 9.84 Å². The van der Waals surface area contributed by atoms with Crippen LogP contribution in [0.25, 0.3) is 0 Å². The van der Waals surface area contributed by atoms with Gasteiger partial charge in [0.15, 0.2) is 17.1 Å².